The highest BCUT2D eigenvalue weighted by molar-refractivity contribution is 5.37. The minimum Gasteiger partial charge on any atom is -0.496 e. The van der Waals surface area contributed by atoms with E-state index in [0.717, 1.165) is 12.2 Å². The number of hydrogen-bond acceptors (Lipinski definition) is 2. The van der Waals surface area contributed by atoms with Crippen LogP contribution in [0.4, 0.5) is 0 Å². The Morgan fingerprint density at radius 2 is 2.14 bits per heavy atom. The quantitative estimate of drug-likeness (QED) is 0.797. The molecule has 2 nitrogen and oxygen atoms in total. The third kappa shape index (κ3) is 2.26. The maximum Gasteiger partial charge on any atom is 0.121 e. The predicted molar refractivity (Wildman–Crippen MR) is 59.8 cm³/mol. The summed E-state index contributed by atoms with van der Waals surface area (Å²) in [5.41, 5.74) is 8.20. The average Bonchev–Trinajstić information content (AvgIpc) is 2.20. The van der Waals surface area contributed by atoms with Crippen LogP contribution in [-0.2, 0) is 0 Å². The van der Waals surface area contributed by atoms with E-state index in [1.54, 1.807) is 7.11 Å². The van der Waals surface area contributed by atoms with Crippen molar-refractivity contribution in [3.8, 4) is 5.75 Å². The Kier molecular flexibility index (Phi) is 3.96. The Morgan fingerprint density at radius 1 is 1.43 bits per heavy atom. The number of benzene rings is 1. The van der Waals surface area contributed by atoms with Gasteiger partial charge in [0.2, 0.25) is 0 Å². The molecule has 0 fully saturated rings. The molecule has 1 atom stereocenters. The summed E-state index contributed by atoms with van der Waals surface area (Å²) < 4.78 is 5.22. The Bertz CT molecular complexity index is 292. The van der Waals surface area contributed by atoms with Gasteiger partial charge in [0.05, 0.1) is 7.11 Å². The molecule has 0 spiro atoms. The number of rotatable bonds is 4. The molecule has 2 N–H and O–H groups in total. The zero-order valence-corrected chi connectivity index (χ0v) is 9.21. The van der Waals surface area contributed by atoms with Crippen LogP contribution in [0.1, 0.15) is 30.4 Å². The molecular weight excluding hydrogens is 174 g/mol. The summed E-state index contributed by atoms with van der Waals surface area (Å²) in [5.74, 6) is 1.42. The molecule has 2 heteroatoms. The van der Waals surface area contributed by atoms with E-state index in [9.17, 15) is 0 Å². The second kappa shape index (κ2) is 5.01. The van der Waals surface area contributed by atoms with E-state index in [2.05, 4.69) is 26.0 Å². The van der Waals surface area contributed by atoms with E-state index in [1.807, 2.05) is 6.07 Å². The monoisotopic (exact) mass is 193 g/mol. The fourth-order valence-corrected chi connectivity index (χ4v) is 1.69. The van der Waals surface area contributed by atoms with Crippen LogP contribution in [-0.4, -0.2) is 13.7 Å². The number of aryl methyl sites for hydroxylation is 1. The summed E-state index contributed by atoms with van der Waals surface area (Å²) >= 11 is 0. The first-order valence-corrected chi connectivity index (χ1v) is 5.07. The lowest BCUT2D eigenvalue weighted by molar-refractivity contribution is 0.411. The fraction of sp³-hybridized carbons (Fsp3) is 0.500. The lowest BCUT2D eigenvalue weighted by Crippen LogP contribution is -2.11. The van der Waals surface area contributed by atoms with Crippen LogP contribution in [0.5, 0.6) is 5.75 Å². The Hall–Kier alpha value is -1.02. The van der Waals surface area contributed by atoms with Gasteiger partial charge in [-0.05, 0) is 43.0 Å². The van der Waals surface area contributed by atoms with Gasteiger partial charge >= 0.3 is 0 Å². The summed E-state index contributed by atoms with van der Waals surface area (Å²) in [5, 5.41) is 0. The normalized spacial score (nSPS) is 12.6. The first-order chi connectivity index (χ1) is 6.72. The van der Waals surface area contributed by atoms with E-state index in [4.69, 9.17) is 10.5 Å². The van der Waals surface area contributed by atoms with Crippen molar-refractivity contribution in [2.75, 3.05) is 13.7 Å². The predicted octanol–water partition coefficient (Wildman–Crippen LogP) is 2.46. The van der Waals surface area contributed by atoms with Gasteiger partial charge < -0.3 is 10.5 Å². The van der Waals surface area contributed by atoms with E-state index < -0.39 is 0 Å². The van der Waals surface area contributed by atoms with Crippen LogP contribution in [0.2, 0.25) is 0 Å². The molecule has 0 bridgehead atoms. The van der Waals surface area contributed by atoms with Crippen LogP contribution in [0.25, 0.3) is 0 Å². The summed E-state index contributed by atoms with van der Waals surface area (Å²) in [6.07, 6.45) is 1.09. The van der Waals surface area contributed by atoms with Gasteiger partial charge in [-0.2, -0.15) is 0 Å². The lowest BCUT2D eigenvalue weighted by Gasteiger charge is -2.14. The average molecular weight is 193 g/mol. The van der Waals surface area contributed by atoms with E-state index in [-0.39, 0.29) is 0 Å². The van der Waals surface area contributed by atoms with E-state index in [1.165, 1.54) is 11.1 Å². The molecule has 0 aromatic heterocycles. The molecule has 1 unspecified atom stereocenters. The van der Waals surface area contributed by atoms with Crippen LogP contribution in [0, 0.1) is 6.92 Å². The largest absolute Gasteiger partial charge is 0.496 e. The Labute approximate surface area is 86.1 Å². The standard InChI is InChI=1S/C12H19NO/c1-4-10(8-13)11-5-6-12(14-3)9(2)7-11/h5-7,10H,4,8,13H2,1-3H3. The van der Waals surface area contributed by atoms with Crippen LogP contribution in [0.15, 0.2) is 18.2 Å². The molecule has 0 aliphatic rings. The van der Waals surface area contributed by atoms with Gasteiger partial charge in [0.25, 0.3) is 0 Å². The molecule has 0 saturated carbocycles. The number of methoxy groups -OCH3 is 1. The first-order valence-electron chi connectivity index (χ1n) is 5.07. The highest BCUT2D eigenvalue weighted by atomic mass is 16.5. The SMILES string of the molecule is CCC(CN)c1ccc(OC)c(C)c1. The highest BCUT2D eigenvalue weighted by Crippen LogP contribution is 2.24. The molecule has 78 valence electrons. The number of ether oxygens (including phenoxy) is 1. The van der Waals surface area contributed by atoms with E-state index in [0.29, 0.717) is 12.5 Å². The molecule has 14 heavy (non-hydrogen) atoms. The lowest BCUT2D eigenvalue weighted by atomic mass is 9.95. The van der Waals surface area contributed by atoms with Gasteiger partial charge in [-0.15, -0.1) is 0 Å². The van der Waals surface area contributed by atoms with Crippen LogP contribution >= 0.6 is 0 Å². The number of nitrogens with two attached hydrogens (primary N) is 1. The molecule has 1 aromatic rings. The third-order valence-electron chi connectivity index (χ3n) is 2.67. The minimum atomic E-state index is 0.472. The van der Waals surface area contributed by atoms with Gasteiger partial charge in [-0.1, -0.05) is 19.1 Å². The summed E-state index contributed by atoms with van der Waals surface area (Å²) in [7, 11) is 1.70. The molecular formula is C12H19NO. The van der Waals surface area contributed by atoms with Crippen molar-refractivity contribution in [1.29, 1.82) is 0 Å². The summed E-state index contributed by atoms with van der Waals surface area (Å²) in [6, 6.07) is 6.29. The van der Waals surface area contributed by atoms with Gasteiger partial charge in [-0.25, -0.2) is 0 Å². The van der Waals surface area contributed by atoms with Gasteiger partial charge in [-0.3, -0.25) is 0 Å². The topological polar surface area (TPSA) is 35.2 Å². The van der Waals surface area contributed by atoms with Crippen molar-refractivity contribution in [3.63, 3.8) is 0 Å². The summed E-state index contributed by atoms with van der Waals surface area (Å²) in [4.78, 5) is 0. The van der Waals surface area contributed by atoms with Crippen molar-refractivity contribution in [2.45, 2.75) is 26.2 Å². The van der Waals surface area contributed by atoms with Crippen LogP contribution < -0.4 is 10.5 Å². The van der Waals surface area contributed by atoms with E-state index >= 15 is 0 Å². The molecule has 0 aliphatic carbocycles. The molecule has 0 amide bonds. The second-order valence-electron chi connectivity index (χ2n) is 3.57. The van der Waals surface area contributed by atoms with Crippen molar-refractivity contribution in [2.24, 2.45) is 5.73 Å². The van der Waals surface area contributed by atoms with Crippen molar-refractivity contribution >= 4 is 0 Å². The molecule has 0 saturated heterocycles. The summed E-state index contributed by atoms with van der Waals surface area (Å²) in [6.45, 7) is 4.94. The maximum atomic E-state index is 5.70. The highest BCUT2D eigenvalue weighted by Gasteiger charge is 2.08. The van der Waals surface area contributed by atoms with Crippen LogP contribution in [0.3, 0.4) is 0 Å². The minimum absolute atomic E-state index is 0.472. The van der Waals surface area contributed by atoms with Crippen molar-refractivity contribution in [3.05, 3.63) is 29.3 Å². The molecule has 1 rings (SSSR count). The third-order valence-corrected chi connectivity index (χ3v) is 2.67. The van der Waals surface area contributed by atoms with Gasteiger partial charge in [0.15, 0.2) is 0 Å². The van der Waals surface area contributed by atoms with Crippen molar-refractivity contribution < 1.29 is 4.74 Å². The Balaban J connectivity index is 2.95. The second-order valence-corrected chi connectivity index (χ2v) is 3.57. The zero-order chi connectivity index (χ0) is 10.6. The van der Waals surface area contributed by atoms with Crippen molar-refractivity contribution in [1.82, 2.24) is 0 Å². The van der Waals surface area contributed by atoms with Gasteiger partial charge in [0, 0.05) is 0 Å². The molecule has 0 heterocycles. The zero-order valence-electron chi connectivity index (χ0n) is 9.21. The Morgan fingerprint density at radius 3 is 2.57 bits per heavy atom. The molecule has 0 radical (unpaired) electrons. The van der Waals surface area contributed by atoms with Gasteiger partial charge in [0.1, 0.15) is 5.75 Å². The maximum absolute atomic E-state index is 5.70. The first kappa shape index (κ1) is 11.1. The number of hydrogen-bond donors (Lipinski definition) is 1. The molecule has 1 aromatic carbocycles. The fourth-order valence-electron chi connectivity index (χ4n) is 1.69. The smallest absolute Gasteiger partial charge is 0.121 e. The molecule has 0 aliphatic heterocycles.